The maximum Gasteiger partial charge on any atom is 0.352 e. The lowest BCUT2D eigenvalue weighted by Gasteiger charge is -2.49. The molecule has 1 aromatic heterocycles. The van der Waals surface area contributed by atoms with E-state index in [1.165, 1.54) is 34.1 Å². The highest BCUT2D eigenvalue weighted by Crippen LogP contribution is 2.40. The van der Waals surface area contributed by atoms with Crippen molar-refractivity contribution in [1.29, 1.82) is 0 Å². The minimum absolute atomic E-state index is 0.0222. The van der Waals surface area contributed by atoms with Crippen LogP contribution in [0.5, 0.6) is 0 Å². The predicted molar refractivity (Wildman–Crippen MR) is 90.1 cm³/mol. The van der Waals surface area contributed by atoms with Gasteiger partial charge in [-0.2, -0.15) is 0 Å². The molecule has 0 unspecified atom stereocenters. The Bertz CT molecular complexity index is 773. The second kappa shape index (κ2) is 6.29. The zero-order valence-corrected chi connectivity index (χ0v) is 14.0. The molecule has 1 fully saturated rings. The molecule has 2 amide bonds. The Morgan fingerprint density at radius 1 is 1.58 bits per heavy atom. The largest absolute Gasteiger partial charge is 0.477 e. The van der Waals surface area contributed by atoms with E-state index < -0.39 is 23.3 Å². The number of β-lactam (4-membered cyclic amide) rings is 1. The number of rotatable bonds is 5. The third kappa shape index (κ3) is 2.78. The van der Waals surface area contributed by atoms with Gasteiger partial charge in [-0.15, -0.1) is 23.1 Å². The van der Waals surface area contributed by atoms with Crippen LogP contribution < -0.4 is 11.1 Å². The molecule has 3 heterocycles. The Labute approximate surface area is 145 Å². The lowest BCUT2D eigenvalue weighted by atomic mass is 10.0. The number of allylic oxidation sites excluding steroid dienone is 1. The maximum atomic E-state index is 12.3. The molecule has 1 aromatic rings. The van der Waals surface area contributed by atoms with Crippen molar-refractivity contribution in [3.8, 4) is 0 Å². The number of carbonyl (C=O) groups excluding carboxylic acids is 2. The van der Waals surface area contributed by atoms with Gasteiger partial charge in [-0.3, -0.25) is 14.5 Å². The van der Waals surface area contributed by atoms with E-state index in [4.69, 9.17) is 5.73 Å². The number of nitrogens with one attached hydrogen (secondary N) is 1. The summed E-state index contributed by atoms with van der Waals surface area (Å²) in [7, 11) is 0. The van der Waals surface area contributed by atoms with Crippen molar-refractivity contribution in [3.63, 3.8) is 0 Å². The highest BCUT2D eigenvalue weighted by molar-refractivity contribution is 8.00. The van der Waals surface area contributed by atoms with Crippen LogP contribution in [0.25, 0.3) is 0 Å². The van der Waals surface area contributed by atoms with Crippen LogP contribution >= 0.6 is 23.1 Å². The van der Waals surface area contributed by atoms with E-state index in [9.17, 15) is 19.5 Å². The molecule has 2 aliphatic rings. The summed E-state index contributed by atoms with van der Waals surface area (Å²) in [6, 6.07) is -0.737. The van der Waals surface area contributed by atoms with Gasteiger partial charge in [-0.05, 0) is 5.57 Å². The van der Waals surface area contributed by atoms with Gasteiger partial charge in [0.1, 0.15) is 17.1 Å². The van der Waals surface area contributed by atoms with Crippen LogP contribution in [0.1, 0.15) is 5.69 Å². The highest BCUT2D eigenvalue weighted by Gasteiger charge is 2.53. The molecule has 126 valence electrons. The number of amides is 2. The number of aromatic nitrogens is 1. The minimum Gasteiger partial charge on any atom is -0.477 e. The number of nitrogen functional groups attached to an aromatic ring is 1. The quantitative estimate of drug-likeness (QED) is 0.635. The van der Waals surface area contributed by atoms with Gasteiger partial charge in [0.05, 0.1) is 12.1 Å². The van der Waals surface area contributed by atoms with Crippen molar-refractivity contribution in [2.75, 3.05) is 11.5 Å². The number of nitrogens with two attached hydrogens (primary N) is 1. The first kappa shape index (κ1) is 16.5. The normalized spacial score (nSPS) is 22.7. The van der Waals surface area contributed by atoms with Gasteiger partial charge in [-0.1, -0.05) is 12.7 Å². The first-order valence-electron chi connectivity index (χ1n) is 6.95. The van der Waals surface area contributed by atoms with Crippen molar-refractivity contribution in [2.45, 2.75) is 17.8 Å². The van der Waals surface area contributed by atoms with E-state index in [2.05, 4.69) is 16.9 Å². The number of carboxylic acids is 1. The molecule has 0 spiro atoms. The molecule has 0 saturated carbocycles. The van der Waals surface area contributed by atoms with Crippen molar-refractivity contribution < 1.29 is 19.5 Å². The van der Waals surface area contributed by atoms with E-state index in [0.717, 1.165) is 0 Å². The molecule has 1 saturated heterocycles. The molecule has 2 atom stereocenters. The fourth-order valence-electron chi connectivity index (χ4n) is 2.59. The predicted octanol–water partition coefficient (Wildman–Crippen LogP) is 0.192. The second-order valence-corrected chi connectivity index (χ2v) is 7.19. The molecule has 3 rings (SSSR count). The number of thioether (sulfide) groups is 1. The average Bonchev–Trinajstić information content (AvgIpc) is 2.95. The van der Waals surface area contributed by atoms with E-state index in [-0.39, 0.29) is 18.0 Å². The first-order chi connectivity index (χ1) is 11.4. The zero-order valence-electron chi connectivity index (χ0n) is 12.4. The standard InChI is InChI=1S/C14H14N4O4S2/c1-2-6-4-23-12-9(11(20)18(12)10(6)13(21)22)17-8(19)3-7-5-24-14(15)16-7/h2,5,9,12H,1,3-4H2,(H2,15,16)(H,17,19)(H,21,22)/t9-,12+/m1/s1. The Morgan fingerprint density at radius 2 is 2.33 bits per heavy atom. The number of anilines is 1. The lowest BCUT2D eigenvalue weighted by molar-refractivity contribution is -0.150. The second-order valence-electron chi connectivity index (χ2n) is 5.19. The van der Waals surface area contributed by atoms with Gasteiger partial charge in [0.15, 0.2) is 5.13 Å². The summed E-state index contributed by atoms with van der Waals surface area (Å²) < 4.78 is 0. The van der Waals surface area contributed by atoms with Crippen molar-refractivity contribution in [2.24, 2.45) is 0 Å². The summed E-state index contributed by atoms with van der Waals surface area (Å²) in [5.41, 5.74) is 6.49. The Balaban J connectivity index is 1.69. The van der Waals surface area contributed by atoms with Crippen LogP contribution in [0.15, 0.2) is 29.3 Å². The topological polar surface area (TPSA) is 126 Å². The highest BCUT2D eigenvalue weighted by atomic mass is 32.2. The van der Waals surface area contributed by atoms with Crippen LogP contribution in [0.4, 0.5) is 5.13 Å². The van der Waals surface area contributed by atoms with E-state index in [1.807, 2.05) is 0 Å². The number of fused-ring (bicyclic) bond motifs is 1. The van der Waals surface area contributed by atoms with Gasteiger partial charge in [0.2, 0.25) is 5.91 Å². The number of aliphatic carboxylic acids is 1. The molecule has 2 aliphatic heterocycles. The van der Waals surface area contributed by atoms with Gasteiger partial charge < -0.3 is 16.2 Å². The summed E-state index contributed by atoms with van der Waals surface area (Å²) in [6.45, 7) is 3.58. The van der Waals surface area contributed by atoms with Gasteiger partial charge in [0, 0.05) is 11.1 Å². The molecule has 10 heteroatoms. The van der Waals surface area contributed by atoms with Crippen LogP contribution in [-0.4, -0.2) is 49.9 Å². The third-order valence-corrected chi connectivity index (χ3v) is 5.70. The number of carboxylic acid groups (broad SMARTS) is 1. The van der Waals surface area contributed by atoms with Gasteiger partial charge >= 0.3 is 5.97 Å². The lowest BCUT2D eigenvalue weighted by Crippen LogP contribution is -2.70. The Kier molecular flexibility index (Phi) is 4.33. The maximum absolute atomic E-state index is 12.3. The van der Waals surface area contributed by atoms with Crippen molar-refractivity contribution in [3.05, 3.63) is 35.0 Å². The molecule has 0 bridgehead atoms. The zero-order chi connectivity index (χ0) is 17.4. The van der Waals surface area contributed by atoms with Crippen LogP contribution in [0.3, 0.4) is 0 Å². The van der Waals surface area contributed by atoms with E-state index in [1.54, 1.807) is 5.38 Å². The molecular weight excluding hydrogens is 352 g/mol. The number of nitrogens with zero attached hydrogens (tertiary/aromatic N) is 2. The third-order valence-electron chi connectivity index (χ3n) is 3.67. The van der Waals surface area contributed by atoms with E-state index in [0.29, 0.717) is 22.2 Å². The fourth-order valence-corrected chi connectivity index (χ4v) is 4.50. The molecule has 4 N–H and O–H groups in total. The van der Waals surface area contributed by atoms with Gasteiger partial charge in [0.25, 0.3) is 5.91 Å². The summed E-state index contributed by atoms with van der Waals surface area (Å²) in [6.07, 6.45) is 1.47. The molecule has 0 radical (unpaired) electrons. The number of carbonyl (C=O) groups is 3. The first-order valence-corrected chi connectivity index (χ1v) is 8.88. The number of hydrogen-bond donors (Lipinski definition) is 3. The monoisotopic (exact) mass is 366 g/mol. The van der Waals surface area contributed by atoms with E-state index >= 15 is 0 Å². The molecule has 0 aliphatic carbocycles. The minimum atomic E-state index is -1.17. The molecule has 24 heavy (non-hydrogen) atoms. The van der Waals surface area contributed by atoms with Crippen molar-refractivity contribution >= 4 is 46.0 Å². The Hall–Kier alpha value is -2.33. The fraction of sp³-hybridized carbons (Fsp3) is 0.286. The summed E-state index contributed by atoms with van der Waals surface area (Å²) in [4.78, 5) is 41.0. The summed E-state index contributed by atoms with van der Waals surface area (Å²) in [5, 5.41) is 13.6. The summed E-state index contributed by atoms with van der Waals surface area (Å²) >= 11 is 2.63. The smallest absolute Gasteiger partial charge is 0.352 e. The Morgan fingerprint density at radius 3 is 2.92 bits per heavy atom. The van der Waals surface area contributed by atoms with Crippen molar-refractivity contribution in [1.82, 2.24) is 15.2 Å². The van der Waals surface area contributed by atoms with Gasteiger partial charge in [-0.25, -0.2) is 9.78 Å². The van der Waals surface area contributed by atoms with Crippen LogP contribution in [0.2, 0.25) is 0 Å². The number of hydrogen-bond acceptors (Lipinski definition) is 7. The van der Waals surface area contributed by atoms with Crippen LogP contribution in [0, 0.1) is 0 Å². The van der Waals surface area contributed by atoms with Crippen LogP contribution in [-0.2, 0) is 20.8 Å². The molecule has 8 nitrogen and oxygen atoms in total. The number of thiazole rings is 1. The molecular formula is C14H14N4O4S2. The average molecular weight is 366 g/mol. The molecule has 0 aromatic carbocycles. The SMILES string of the molecule is C=CC1=C(C(=O)O)N2C(=O)[C@@H](NC(=O)Cc3csc(N)n3)[C@@H]2SC1. The summed E-state index contributed by atoms with van der Waals surface area (Å²) in [5.74, 6) is -1.54.